The lowest BCUT2D eigenvalue weighted by atomic mass is 10.0. The number of aliphatic hydroxyl groups is 1. The third-order valence-electron chi connectivity index (χ3n) is 3.92. The van der Waals surface area contributed by atoms with Gasteiger partial charge in [0.25, 0.3) is 0 Å². The highest BCUT2D eigenvalue weighted by atomic mass is 16.5. The molecule has 6 nitrogen and oxygen atoms in total. The third kappa shape index (κ3) is 5.53. The molecule has 2 aromatic rings. The van der Waals surface area contributed by atoms with E-state index in [1.54, 1.807) is 33.1 Å². The Morgan fingerprint density at radius 3 is 2.76 bits per heavy atom. The van der Waals surface area contributed by atoms with Gasteiger partial charge in [-0.25, -0.2) is 4.79 Å². The summed E-state index contributed by atoms with van der Waals surface area (Å²) in [5, 5.41) is 16.0. The molecular weight excluding hydrogens is 320 g/mol. The second-order valence-corrected chi connectivity index (χ2v) is 6.47. The number of aryl methyl sites for hydroxylation is 1. The highest BCUT2D eigenvalue weighted by molar-refractivity contribution is 5.74. The van der Waals surface area contributed by atoms with Crippen LogP contribution >= 0.6 is 0 Å². The van der Waals surface area contributed by atoms with Gasteiger partial charge in [0.05, 0.1) is 13.7 Å². The van der Waals surface area contributed by atoms with E-state index >= 15 is 0 Å². The Bertz CT molecular complexity index is 709. The van der Waals surface area contributed by atoms with Crippen molar-refractivity contribution in [2.75, 3.05) is 13.7 Å². The quantitative estimate of drug-likeness (QED) is 0.720. The monoisotopic (exact) mass is 346 g/mol. The normalized spacial score (nSPS) is 14.4. The fraction of sp³-hybridized carbons (Fsp3) is 0.421. The van der Waals surface area contributed by atoms with Crippen LogP contribution in [-0.4, -0.2) is 30.8 Å². The summed E-state index contributed by atoms with van der Waals surface area (Å²) in [6, 6.07) is 10.8. The van der Waals surface area contributed by atoms with Crippen LogP contribution in [0, 0.1) is 6.92 Å². The Morgan fingerprint density at radius 1 is 1.36 bits per heavy atom. The van der Waals surface area contributed by atoms with E-state index in [0.717, 1.165) is 11.3 Å². The zero-order chi connectivity index (χ0) is 18.4. The molecule has 2 amide bonds. The highest BCUT2D eigenvalue weighted by Gasteiger charge is 2.27. The van der Waals surface area contributed by atoms with Crippen molar-refractivity contribution in [1.82, 2.24) is 10.6 Å². The van der Waals surface area contributed by atoms with Crippen molar-refractivity contribution in [3.8, 4) is 5.75 Å². The third-order valence-corrected chi connectivity index (χ3v) is 3.92. The van der Waals surface area contributed by atoms with E-state index in [1.807, 2.05) is 31.2 Å². The molecule has 0 aliphatic rings. The van der Waals surface area contributed by atoms with Gasteiger partial charge in [0.15, 0.2) is 0 Å². The van der Waals surface area contributed by atoms with E-state index in [-0.39, 0.29) is 18.6 Å². The maximum absolute atomic E-state index is 12.1. The Kier molecular flexibility index (Phi) is 6.09. The molecular formula is C19H26N2O4. The van der Waals surface area contributed by atoms with Gasteiger partial charge in [-0.1, -0.05) is 12.1 Å². The van der Waals surface area contributed by atoms with Crippen molar-refractivity contribution >= 4 is 6.03 Å². The minimum atomic E-state index is -1.26. The predicted octanol–water partition coefficient (Wildman–Crippen LogP) is 2.73. The van der Waals surface area contributed by atoms with Crippen LogP contribution in [0.1, 0.15) is 30.9 Å². The Labute approximate surface area is 148 Å². The molecule has 2 rings (SSSR count). The van der Waals surface area contributed by atoms with Crippen LogP contribution in [0.3, 0.4) is 0 Å². The molecule has 0 unspecified atom stereocenters. The molecule has 2 atom stereocenters. The molecule has 0 saturated carbocycles. The van der Waals surface area contributed by atoms with Crippen molar-refractivity contribution in [3.05, 3.63) is 53.5 Å². The molecule has 0 spiro atoms. The van der Waals surface area contributed by atoms with Crippen LogP contribution in [0.25, 0.3) is 0 Å². The van der Waals surface area contributed by atoms with E-state index < -0.39 is 5.60 Å². The average molecular weight is 346 g/mol. The first kappa shape index (κ1) is 18.9. The van der Waals surface area contributed by atoms with Crippen molar-refractivity contribution in [2.24, 2.45) is 0 Å². The molecule has 25 heavy (non-hydrogen) atoms. The van der Waals surface area contributed by atoms with E-state index in [4.69, 9.17) is 9.15 Å². The Morgan fingerprint density at radius 2 is 2.12 bits per heavy atom. The second kappa shape index (κ2) is 8.07. The summed E-state index contributed by atoms with van der Waals surface area (Å²) < 4.78 is 10.6. The van der Waals surface area contributed by atoms with Gasteiger partial charge in [-0.2, -0.15) is 0 Å². The van der Waals surface area contributed by atoms with Crippen LogP contribution in [0.5, 0.6) is 5.75 Å². The van der Waals surface area contributed by atoms with Crippen LogP contribution in [0.15, 0.2) is 40.8 Å². The van der Waals surface area contributed by atoms with Crippen LogP contribution in [-0.2, 0) is 12.0 Å². The summed E-state index contributed by atoms with van der Waals surface area (Å²) in [4.78, 5) is 12.1. The average Bonchev–Trinajstić information content (AvgIpc) is 3.00. The molecule has 6 heteroatoms. The molecule has 136 valence electrons. The summed E-state index contributed by atoms with van der Waals surface area (Å²) in [7, 11) is 1.63. The summed E-state index contributed by atoms with van der Waals surface area (Å²) in [6.45, 7) is 5.38. The number of nitrogens with one attached hydrogen (secondary N) is 2. The molecule has 0 radical (unpaired) electrons. The van der Waals surface area contributed by atoms with Gasteiger partial charge in [0.2, 0.25) is 0 Å². The fourth-order valence-electron chi connectivity index (χ4n) is 2.54. The van der Waals surface area contributed by atoms with Gasteiger partial charge in [-0.15, -0.1) is 0 Å². The van der Waals surface area contributed by atoms with Crippen molar-refractivity contribution in [1.29, 1.82) is 0 Å². The van der Waals surface area contributed by atoms with E-state index in [2.05, 4.69) is 10.6 Å². The zero-order valence-electron chi connectivity index (χ0n) is 15.1. The molecule has 1 aromatic heterocycles. The first-order chi connectivity index (χ1) is 11.8. The van der Waals surface area contributed by atoms with Crippen molar-refractivity contribution < 1.29 is 19.1 Å². The molecule has 0 saturated heterocycles. The Hall–Kier alpha value is -2.47. The largest absolute Gasteiger partial charge is 0.497 e. The number of urea groups is 1. The molecule has 1 aromatic carbocycles. The first-order valence-corrected chi connectivity index (χ1v) is 8.27. The SMILES string of the molecule is COc1cccc(C[C@@H](C)NC(=O)NC[C@](C)(O)c2ccc(C)o2)c1. The number of carbonyl (C=O) groups is 1. The van der Waals surface area contributed by atoms with Gasteiger partial charge in [0.1, 0.15) is 22.9 Å². The predicted molar refractivity (Wildman–Crippen MR) is 95.7 cm³/mol. The molecule has 0 bridgehead atoms. The number of carbonyl (C=O) groups excluding carboxylic acids is 1. The van der Waals surface area contributed by atoms with Gasteiger partial charge in [-0.05, 0) is 57.0 Å². The number of ether oxygens (including phenoxy) is 1. The topological polar surface area (TPSA) is 83.7 Å². The summed E-state index contributed by atoms with van der Waals surface area (Å²) in [6.07, 6.45) is 0.679. The molecule has 1 heterocycles. The number of furan rings is 1. The second-order valence-electron chi connectivity index (χ2n) is 6.47. The number of hydrogen-bond acceptors (Lipinski definition) is 4. The minimum absolute atomic E-state index is 0.0532. The summed E-state index contributed by atoms with van der Waals surface area (Å²) in [5.41, 5.74) is -0.188. The van der Waals surface area contributed by atoms with E-state index in [9.17, 15) is 9.90 Å². The summed E-state index contributed by atoms with van der Waals surface area (Å²) in [5.74, 6) is 1.93. The maximum Gasteiger partial charge on any atom is 0.315 e. The van der Waals surface area contributed by atoms with Crippen LogP contribution < -0.4 is 15.4 Å². The van der Waals surface area contributed by atoms with Gasteiger partial charge < -0.3 is 24.9 Å². The van der Waals surface area contributed by atoms with E-state index in [1.165, 1.54) is 0 Å². The standard InChI is InChI=1S/C19H26N2O4/c1-13(10-15-6-5-7-16(11-15)24-4)21-18(22)20-12-19(3,23)17-9-8-14(2)25-17/h5-9,11,13,23H,10,12H2,1-4H3,(H2,20,21,22)/t13-,19+/m1/s1. The number of rotatable bonds is 7. The maximum atomic E-state index is 12.1. The lowest BCUT2D eigenvalue weighted by molar-refractivity contribution is 0.0359. The van der Waals surface area contributed by atoms with E-state index in [0.29, 0.717) is 17.9 Å². The first-order valence-electron chi connectivity index (χ1n) is 8.27. The highest BCUT2D eigenvalue weighted by Crippen LogP contribution is 2.21. The fourth-order valence-corrected chi connectivity index (χ4v) is 2.54. The van der Waals surface area contributed by atoms with Gasteiger partial charge in [-0.3, -0.25) is 0 Å². The van der Waals surface area contributed by atoms with Crippen molar-refractivity contribution in [3.63, 3.8) is 0 Å². The van der Waals surface area contributed by atoms with Gasteiger partial charge in [0, 0.05) is 6.04 Å². The number of methoxy groups -OCH3 is 1. The minimum Gasteiger partial charge on any atom is -0.497 e. The number of benzene rings is 1. The Balaban J connectivity index is 1.82. The van der Waals surface area contributed by atoms with Crippen molar-refractivity contribution in [2.45, 2.75) is 38.8 Å². The summed E-state index contributed by atoms with van der Waals surface area (Å²) >= 11 is 0. The lowest BCUT2D eigenvalue weighted by Gasteiger charge is -2.22. The number of amides is 2. The molecule has 0 fully saturated rings. The molecule has 0 aliphatic heterocycles. The lowest BCUT2D eigenvalue weighted by Crippen LogP contribution is -2.46. The van der Waals surface area contributed by atoms with Crippen LogP contribution in [0.2, 0.25) is 0 Å². The molecule has 0 aliphatic carbocycles. The zero-order valence-corrected chi connectivity index (χ0v) is 15.1. The smallest absolute Gasteiger partial charge is 0.315 e. The van der Waals surface area contributed by atoms with Gasteiger partial charge >= 0.3 is 6.03 Å². The van der Waals surface area contributed by atoms with Crippen LogP contribution in [0.4, 0.5) is 4.79 Å². The molecule has 3 N–H and O–H groups in total. The number of hydrogen-bond donors (Lipinski definition) is 3.